The van der Waals surface area contributed by atoms with Crippen LogP contribution in [0.2, 0.25) is 0 Å². The molecule has 0 spiro atoms. The molecule has 190 valence electrons. The molecule has 0 bridgehead atoms. The quantitative estimate of drug-likeness (QED) is 0.476. The summed E-state index contributed by atoms with van der Waals surface area (Å²) in [5.74, 6) is -1.99. The van der Waals surface area contributed by atoms with E-state index in [9.17, 15) is 22.0 Å². The van der Waals surface area contributed by atoms with Crippen LogP contribution in [0.3, 0.4) is 0 Å². The number of benzene rings is 2. The number of carbonyl (C=O) groups excluding carboxylic acids is 1. The Morgan fingerprint density at radius 3 is 2.61 bits per heavy atom. The van der Waals surface area contributed by atoms with E-state index in [0.29, 0.717) is 12.8 Å². The standard InChI is InChI=1S/C26H27F2N3O4S/c1-3-18-5-4-6-22(15-18)29-26(32)20-11-13-31(14-12-20)36(33,34)25-17(2)30-35-24(25)10-8-19-7-9-21(27)16-23(19)28/h4-10,15-16,20H,3,11-14H2,1-2H3,(H,29,32). The molecule has 0 aliphatic carbocycles. The number of sulfonamides is 1. The van der Waals surface area contributed by atoms with Gasteiger partial charge >= 0.3 is 0 Å². The van der Waals surface area contributed by atoms with Crippen LogP contribution in [0, 0.1) is 24.5 Å². The van der Waals surface area contributed by atoms with Gasteiger partial charge in [0.05, 0.1) is 0 Å². The zero-order valence-corrected chi connectivity index (χ0v) is 20.8. The average molecular weight is 516 g/mol. The van der Waals surface area contributed by atoms with Gasteiger partial charge in [-0.2, -0.15) is 4.31 Å². The van der Waals surface area contributed by atoms with Gasteiger partial charge in [0.25, 0.3) is 0 Å². The van der Waals surface area contributed by atoms with Crippen molar-refractivity contribution in [2.75, 3.05) is 18.4 Å². The molecule has 36 heavy (non-hydrogen) atoms. The number of piperidine rings is 1. The third kappa shape index (κ3) is 5.55. The number of nitrogens with zero attached hydrogens (tertiary/aromatic N) is 2. The van der Waals surface area contributed by atoms with Gasteiger partial charge in [-0.3, -0.25) is 4.79 Å². The average Bonchev–Trinajstić information content (AvgIpc) is 3.24. The minimum Gasteiger partial charge on any atom is -0.355 e. The van der Waals surface area contributed by atoms with Crippen molar-refractivity contribution >= 4 is 33.8 Å². The van der Waals surface area contributed by atoms with Crippen LogP contribution in [0.4, 0.5) is 14.5 Å². The van der Waals surface area contributed by atoms with Gasteiger partial charge < -0.3 is 9.84 Å². The number of aryl methyl sites for hydroxylation is 2. The smallest absolute Gasteiger partial charge is 0.248 e. The van der Waals surface area contributed by atoms with E-state index in [0.717, 1.165) is 29.8 Å². The summed E-state index contributed by atoms with van der Waals surface area (Å²) >= 11 is 0. The number of anilines is 1. The van der Waals surface area contributed by atoms with Gasteiger partial charge in [0.2, 0.25) is 15.9 Å². The van der Waals surface area contributed by atoms with E-state index < -0.39 is 21.7 Å². The molecule has 7 nitrogen and oxygen atoms in total. The van der Waals surface area contributed by atoms with Crippen LogP contribution in [-0.4, -0.2) is 36.9 Å². The highest BCUT2D eigenvalue weighted by molar-refractivity contribution is 7.89. The minimum atomic E-state index is -3.98. The number of nitrogens with one attached hydrogen (secondary N) is 1. The molecule has 1 aromatic heterocycles. The van der Waals surface area contributed by atoms with Crippen molar-refractivity contribution in [3.8, 4) is 0 Å². The summed E-state index contributed by atoms with van der Waals surface area (Å²) in [6.07, 6.45) is 4.20. The summed E-state index contributed by atoms with van der Waals surface area (Å²) in [5.41, 5.74) is 2.09. The molecule has 3 aromatic rings. The number of carbonyl (C=O) groups is 1. The van der Waals surface area contributed by atoms with Crippen LogP contribution < -0.4 is 5.32 Å². The molecule has 1 aliphatic heterocycles. The maximum atomic E-state index is 14.0. The van der Waals surface area contributed by atoms with E-state index in [2.05, 4.69) is 10.5 Å². The van der Waals surface area contributed by atoms with Gasteiger partial charge in [0.1, 0.15) is 17.3 Å². The van der Waals surface area contributed by atoms with Crippen molar-refractivity contribution in [2.45, 2.75) is 38.0 Å². The number of hydrogen-bond acceptors (Lipinski definition) is 5. The Hall–Kier alpha value is -3.37. The fourth-order valence-electron chi connectivity index (χ4n) is 4.20. The first kappa shape index (κ1) is 25.7. The molecule has 0 atom stereocenters. The SMILES string of the molecule is CCc1cccc(NC(=O)C2CCN(S(=O)(=O)c3c(C)noc3C=Cc3ccc(F)cc3F)CC2)c1. The number of amides is 1. The van der Waals surface area contributed by atoms with Gasteiger partial charge in [0.15, 0.2) is 10.7 Å². The first-order valence-electron chi connectivity index (χ1n) is 11.7. The van der Waals surface area contributed by atoms with Crippen LogP contribution >= 0.6 is 0 Å². The topological polar surface area (TPSA) is 92.5 Å². The number of aromatic nitrogens is 1. The van der Waals surface area contributed by atoms with Crippen molar-refractivity contribution < 1.29 is 26.5 Å². The van der Waals surface area contributed by atoms with E-state index >= 15 is 0 Å². The van der Waals surface area contributed by atoms with Crippen molar-refractivity contribution in [2.24, 2.45) is 5.92 Å². The van der Waals surface area contributed by atoms with E-state index in [1.54, 1.807) is 0 Å². The Balaban J connectivity index is 1.45. The number of hydrogen-bond donors (Lipinski definition) is 1. The zero-order valence-electron chi connectivity index (χ0n) is 20.0. The Morgan fingerprint density at radius 1 is 1.17 bits per heavy atom. The lowest BCUT2D eigenvalue weighted by atomic mass is 9.97. The van der Waals surface area contributed by atoms with Crippen molar-refractivity contribution in [1.29, 1.82) is 0 Å². The molecule has 0 saturated carbocycles. The summed E-state index contributed by atoms with van der Waals surface area (Å²) in [4.78, 5) is 12.7. The van der Waals surface area contributed by atoms with E-state index in [1.807, 2.05) is 31.2 Å². The molecule has 0 unspecified atom stereocenters. The Morgan fingerprint density at radius 2 is 1.92 bits per heavy atom. The van der Waals surface area contributed by atoms with Crippen LogP contribution in [-0.2, 0) is 21.2 Å². The molecular weight excluding hydrogens is 488 g/mol. The maximum absolute atomic E-state index is 14.0. The number of rotatable bonds is 7. The molecule has 1 fully saturated rings. The molecular formula is C26H27F2N3O4S. The van der Waals surface area contributed by atoms with Gasteiger partial charge in [-0.05, 0) is 68.2 Å². The fourth-order valence-corrected chi connectivity index (χ4v) is 5.92. The van der Waals surface area contributed by atoms with E-state index in [1.165, 1.54) is 29.4 Å². The van der Waals surface area contributed by atoms with Crippen LogP contribution in [0.5, 0.6) is 0 Å². The van der Waals surface area contributed by atoms with Crippen molar-refractivity contribution in [1.82, 2.24) is 9.46 Å². The second kappa shape index (κ2) is 10.7. The summed E-state index contributed by atoms with van der Waals surface area (Å²) in [6.45, 7) is 3.87. The van der Waals surface area contributed by atoms with Crippen LogP contribution in [0.1, 0.15) is 42.3 Å². The summed E-state index contributed by atoms with van der Waals surface area (Å²) in [7, 11) is -3.98. The molecule has 0 radical (unpaired) electrons. The fraction of sp³-hybridized carbons (Fsp3) is 0.308. The van der Waals surface area contributed by atoms with Crippen molar-refractivity contribution in [3.05, 3.63) is 76.7 Å². The predicted octanol–water partition coefficient (Wildman–Crippen LogP) is 5.03. The van der Waals surface area contributed by atoms with Gasteiger partial charge in [0, 0.05) is 36.3 Å². The van der Waals surface area contributed by atoms with Crippen molar-refractivity contribution in [3.63, 3.8) is 0 Å². The summed E-state index contributed by atoms with van der Waals surface area (Å²) in [5, 5.41) is 6.71. The molecule has 2 aromatic carbocycles. The zero-order chi connectivity index (χ0) is 25.9. The summed E-state index contributed by atoms with van der Waals surface area (Å²) in [6, 6.07) is 10.7. The maximum Gasteiger partial charge on any atom is 0.248 e. The van der Waals surface area contributed by atoms with Gasteiger partial charge in [-0.25, -0.2) is 17.2 Å². The normalized spacial score (nSPS) is 15.4. The molecule has 10 heteroatoms. The second-order valence-electron chi connectivity index (χ2n) is 8.68. The first-order valence-corrected chi connectivity index (χ1v) is 13.1. The molecule has 1 saturated heterocycles. The van der Waals surface area contributed by atoms with Crippen LogP contribution in [0.15, 0.2) is 51.9 Å². The number of halogens is 2. The summed E-state index contributed by atoms with van der Waals surface area (Å²) < 4.78 is 60.5. The highest BCUT2D eigenvalue weighted by Crippen LogP contribution is 2.30. The van der Waals surface area contributed by atoms with E-state index in [4.69, 9.17) is 4.52 Å². The third-order valence-electron chi connectivity index (χ3n) is 6.24. The Bertz CT molecular complexity index is 1390. The first-order chi connectivity index (χ1) is 17.2. The highest BCUT2D eigenvalue weighted by Gasteiger charge is 2.36. The van der Waals surface area contributed by atoms with Crippen LogP contribution in [0.25, 0.3) is 12.2 Å². The molecule has 1 N–H and O–H groups in total. The molecule has 1 amide bonds. The lowest BCUT2D eigenvalue weighted by molar-refractivity contribution is -0.120. The van der Waals surface area contributed by atoms with Gasteiger partial charge in [-0.15, -0.1) is 0 Å². The molecule has 4 rings (SSSR count). The lowest BCUT2D eigenvalue weighted by Crippen LogP contribution is -2.41. The Kier molecular flexibility index (Phi) is 7.65. The monoisotopic (exact) mass is 515 g/mol. The largest absolute Gasteiger partial charge is 0.355 e. The Labute approximate surface area is 208 Å². The predicted molar refractivity (Wildman–Crippen MR) is 132 cm³/mol. The lowest BCUT2D eigenvalue weighted by Gasteiger charge is -2.30. The second-order valence-corrected chi connectivity index (χ2v) is 10.6. The minimum absolute atomic E-state index is 0.0492. The molecule has 1 aliphatic rings. The highest BCUT2D eigenvalue weighted by atomic mass is 32.2. The molecule has 2 heterocycles. The van der Waals surface area contributed by atoms with Gasteiger partial charge in [-0.1, -0.05) is 24.2 Å². The van der Waals surface area contributed by atoms with E-state index in [-0.39, 0.29) is 46.8 Å². The third-order valence-corrected chi connectivity index (χ3v) is 8.29.